The Morgan fingerprint density at radius 1 is 1.18 bits per heavy atom. The third kappa shape index (κ3) is 3.13. The van der Waals surface area contributed by atoms with Crippen LogP contribution in [0.2, 0.25) is 0 Å². The molecule has 0 aliphatic carbocycles. The molecule has 0 radical (unpaired) electrons. The van der Waals surface area contributed by atoms with Gasteiger partial charge in [0.25, 0.3) is 6.29 Å². The summed E-state index contributed by atoms with van der Waals surface area (Å²) >= 11 is 0. The Kier molecular flexibility index (Phi) is 3.52. The van der Waals surface area contributed by atoms with Crippen molar-refractivity contribution >= 4 is 6.08 Å². The van der Waals surface area contributed by atoms with Crippen LogP contribution in [0.15, 0.2) is 42.4 Å². The lowest BCUT2D eigenvalue weighted by molar-refractivity contribution is 0.0105. The lowest BCUT2D eigenvalue weighted by Gasteiger charge is -2.06. The van der Waals surface area contributed by atoms with Crippen molar-refractivity contribution < 1.29 is 9.47 Å². The van der Waals surface area contributed by atoms with E-state index < -0.39 is 0 Å². The maximum absolute atomic E-state index is 5.40. The van der Waals surface area contributed by atoms with Gasteiger partial charge in [0, 0.05) is 0 Å². The molecule has 1 heterocycles. The van der Waals surface area contributed by atoms with E-state index in [0.717, 1.165) is 11.3 Å². The van der Waals surface area contributed by atoms with Gasteiger partial charge in [0.15, 0.2) is 0 Å². The summed E-state index contributed by atoms with van der Waals surface area (Å²) in [6.07, 6.45) is 5.29. The average molecular weight is 230 g/mol. The second-order valence-electron chi connectivity index (χ2n) is 4.53. The molecule has 1 aromatic rings. The van der Waals surface area contributed by atoms with Crippen molar-refractivity contribution in [3.63, 3.8) is 0 Å². The van der Waals surface area contributed by atoms with E-state index in [1.807, 2.05) is 19.1 Å². The van der Waals surface area contributed by atoms with Gasteiger partial charge >= 0.3 is 0 Å². The summed E-state index contributed by atoms with van der Waals surface area (Å²) in [6, 6.07) is 8.54. The van der Waals surface area contributed by atoms with E-state index in [-0.39, 0.29) is 6.29 Å². The summed E-state index contributed by atoms with van der Waals surface area (Å²) in [7, 11) is 0. The summed E-state index contributed by atoms with van der Waals surface area (Å²) in [5.41, 5.74) is 2.51. The van der Waals surface area contributed by atoms with Crippen LogP contribution >= 0.6 is 0 Å². The van der Waals surface area contributed by atoms with Crippen LogP contribution in [0.1, 0.15) is 37.8 Å². The molecule has 1 unspecified atom stereocenters. The first kappa shape index (κ1) is 11.8. The minimum atomic E-state index is -0.278. The fraction of sp³-hybridized carbons (Fsp3) is 0.333. The molecule has 1 aliphatic rings. The van der Waals surface area contributed by atoms with Crippen LogP contribution in [0.4, 0.5) is 0 Å². The highest BCUT2D eigenvalue weighted by Gasteiger charge is 2.11. The highest BCUT2D eigenvalue weighted by molar-refractivity contribution is 5.50. The number of hydrogen-bond donors (Lipinski definition) is 0. The van der Waals surface area contributed by atoms with Crippen LogP contribution in [0.3, 0.4) is 0 Å². The highest BCUT2D eigenvalue weighted by Crippen LogP contribution is 2.17. The molecule has 0 aromatic heterocycles. The maximum atomic E-state index is 5.40. The molecule has 0 saturated heterocycles. The number of benzene rings is 1. The summed E-state index contributed by atoms with van der Waals surface area (Å²) in [4.78, 5) is 0. The predicted molar refractivity (Wildman–Crippen MR) is 69.3 cm³/mol. The first-order valence-electron chi connectivity index (χ1n) is 5.92. The highest BCUT2D eigenvalue weighted by atomic mass is 16.7. The monoisotopic (exact) mass is 230 g/mol. The van der Waals surface area contributed by atoms with Gasteiger partial charge in [-0.25, -0.2) is 0 Å². The average Bonchev–Trinajstić information content (AvgIpc) is 2.73. The molecule has 17 heavy (non-hydrogen) atoms. The SMILES string of the molecule is CC1=COC(C=Cc2ccc(C(C)C)cc2)O1. The van der Waals surface area contributed by atoms with Crippen molar-refractivity contribution in [2.24, 2.45) is 0 Å². The van der Waals surface area contributed by atoms with E-state index >= 15 is 0 Å². The zero-order valence-corrected chi connectivity index (χ0v) is 10.5. The molecular formula is C15H18O2. The smallest absolute Gasteiger partial charge is 0.260 e. The molecule has 1 aromatic carbocycles. The van der Waals surface area contributed by atoms with Crippen LogP contribution in [0.25, 0.3) is 6.08 Å². The van der Waals surface area contributed by atoms with Crippen molar-refractivity contribution in [2.45, 2.75) is 33.0 Å². The Morgan fingerprint density at radius 3 is 2.41 bits per heavy atom. The van der Waals surface area contributed by atoms with Gasteiger partial charge in [0.2, 0.25) is 0 Å². The lowest BCUT2D eigenvalue weighted by atomic mass is 10.0. The summed E-state index contributed by atoms with van der Waals surface area (Å²) in [5, 5.41) is 0. The Balaban J connectivity index is 1.97. The Morgan fingerprint density at radius 2 is 1.88 bits per heavy atom. The molecule has 90 valence electrons. The van der Waals surface area contributed by atoms with E-state index in [4.69, 9.17) is 9.47 Å². The van der Waals surface area contributed by atoms with Crippen LogP contribution in [0.5, 0.6) is 0 Å². The van der Waals surface area contributed by atoms with Gasteiger partial charge in [0.05, 0.1) is 0 Å². The van der Waals surface area contributed by atoms with E-state index in [0.29, 0.717) is 5.92 Å². The van der Waals surface area contributed by atoms with Gasteiger partial charge in [-0.1, -0.05) is 44.2 Å². The first-order valence-corrected chi connectivity index (χ1v) is 5.92. The lowest BCUT2D eigenvalue weighted by Crippen LogP contribution is -2.02. The molecular weight excluding hydrogens is 212 g/mol. The third-order valence-electron chi connectivity index (χ3n) is 2.72. The van der Waals surface area contributed by atoms with Crippen LogP contribution in [-0.2, 0) is 9.47 Å². The minimum absolute atomic E-state index is 0.278. The predicted octanol–water partition coefficient (Wildman–Crippen LogP) is 4.06. The fourth-order valence-corrected chi connectivity index (χ4v) is 1.67. The second-order valence-corrected chi connectivity index (χ2v) is 4.53. The summed E-state index contributed by atoms with van der Waals surface area (Å²) < 4.78 is 10.7. The van der Waals surface area contributed by atoms with E-state index in [9.17, 15) is 0 Å². The Hall–Kier alpha value is -1.70. The Labute approximate surface area is 103 Å². The van der Waals surface area contributed by atoms with Gasteiger partial charge in [-0.2, -0.15) is 0 Å². The van der Waals surface area contributed by atoms with Crippen LogP contribution in [-0.4, -0.2) is 6.29 Å². The molecule has 2 rings (SSSR count). The first-order chi connectivity index (χ1) is 8.15. The molecule has 0 fully saturated rings. The van der Waals surface area contributed by atoms with E-state index in [2.05, 4.69) is 38.1 Å². The Bertz CT molecular complexity index is 427. The van der Waals surface area contributed by atoms with Gasteiger partial charge in [0.1, 0.15) is 12.0 Å². The molecule has 0 spiro atoms. The molecule has 1 aliphatic heterocycles. The maximum Gasteiger partial charge on any atom is 0.260 e. The number of ether oxygens (including phenoxy) is 2. The standard InChI is InChI=1S/C15H18O2/c1-11(2)14-7-4-13(5-8-14)6-9-15-16-10-12(3)17-15/h4-11,15H,1-3H3. The summed E-state index contributed by atoms with van der Waals surface area (Å²) in [5.74, 6) is 1.39. The molecule has 0 bridgehead atoms. The van der Waals surface area contributed by atoms with E-state index in [1.54, 1.807) is 6.26 Å². The van der Waals surface area contributed by atoms with Crippen molar-refractivity contribution in [3.05, 3.63) is 53.5 Å². The fourth-order valence-electron chi connectivity index (χ4n) is 1.67. The zero-order valence-electron chi connectivity index (χ0n) is 10.5. The quantitative estimate of drug-likeness (QED) is 0.779. The molecule has 2 heteroatoms. The third-order valence-corrected chi connectivity index (χ3v) is 2.72. The van der Waals surface area contributed by atoms with Crippen molar-refractivity contribution in [3.8, 4) is 0 Å². The van der Waals surface area contributed by atoms with Gasteiger partial charge in [-0.15, -0.1) is 0 Å². The van der Waals surface area contributed by atoms with Gasteiger partial charge in [-0.05, 0) is 30.0 Å². The number of hydrogen-bond acceptors (Lipinski definition) is 2. The zero-order chi connectivity index (χ0) is 12.3. The molecule has 0 amide bonds. The summed E-state index contributed by atoms with van der Waals surface area (Å²) in [6.45, 7) is 6.27. The van der Waals surface area contributed by atoms with Crippen molar-refractivity contribution in [2.75, 3.05) is 0 Å². The van der Waals surface area contributed by atoms with E-state index in [1.165, 1.54) is 5.56 Å². The molecule has 0 saturated carbocycles. The second kappa shape index (κ2) is 5.09. The largest absolute Gasteiger partial charge is 0.455 e. The number of allylic oxidation sites excluding steroid dienone is 1. The van der Waals surface area contributed by atoms with Gasteiger partial charge in [-0.3, -0.25) is 0 Å². The number of rotatable bonds is 3. The van der Waals surface area contributed by atoms with Crippen molar-refractivity contribution in [1.29, 1.82) is 0 Å². The molecule has 1 atom stereocenters. The topological polar surface area (TPSA) is 18.5 Å². The van der Waals surface area contributed by atoms with Crippen LogP contribution in [0, 0.1) is 0 Å². The van der Waals surface area contributed by atoms with Crippen molar-refractivity contribution in [1.82, 2.24) is 0 Å². The minimum Gasteiger partial charge on any atom is -0.455 e. The molecule has 0 N–H and O–H groups in total. The molecule has 2 nitrogen and oxygen atoms in total. The van der Waals surface area contributed by atoms with Gasteiger partial charge < -0.3 is 9.47 Å². The van der Waals surface area contributed by atoms with Crippen LogP contribution < -0.4 is 0 Å². The normalized spacial score (nSPS) is 19.3.